The summed E-state index contributed by atoms with van der Waals surface area (Å²) in [4.78, 5) is 33.1. The lowest BCUT2D eigenvalue weighted by molar-refractivity contribution is -0.137. The molecule has 9 heteroatoms. The monoisotopic (exact) mass is 542 g/mol. The second kappa shape index (κ2) is 14.4. The average Bonchev–Trinajstić information content (AvgIpc) is 3.08. The van der Waals surface area contributed by atoms with Crippen LogP contribution in [0, 0.1) is 5.92 Å². The van der Waals surface area contributed by atoms with Gasteiger partial charge in [-0.15, -0.1) is 24.8 Å². The first-order valence-corrected chi connectivity index (χ1v) is 13.2. The number of benzene rings is 1. The molecule has 1 aromatic carbocycles. The largest absolute Gasteiger partial charge is 0.481 e. The number of fused-ring (bicyclic) bond motifs is 1. The molecule has 2 fully saturated rings. The Balaban J connectivity index is 0.00000228. The number of carbonyl (C=O) groups excluding carboxylic acids is 1. The Kier molecular flexibility index (Phi) is 12.3. The van der Waals surface area contributed by atoms with Gasteiger partial charge in [0, 0.05) is 44.3 Å². The van der Waals surface area contributed by atoms with Gasteiger partial charge in [0.1, 0.15) is 0 Å². The minimum atomic E-state index is -0.703. The minimum Gasteiger partial charge on any atom is -0.481 e. The fraction of sp³-hybridized carbons (Fsp3) is 0.704. The molecule has 2 heterocycles. The Morgan fingerprint density at radius 1 is 1.00 bits per heavy atom. The fourth-order valence-electron chi connectivity index (χ4n) is 5.97. The molecule has 0 atom stereocenters. The van der Waals surface area contributed by atoms with Gasteiger partial charge < -0.3 is 19.8 Å². The van der Waals surface area contributed by atoms with Crippen molar-refractivity contribution in [2.24, 2.45) is 5.92 Å². The molecule has 0 bridgehead atoms. The van der Waals surface area contributed by atoms with Crippen molar-refractivity contribution in [1.29, 1.82) is 0 Å². The van der Waals surface area contributed by atoms with Crippen molar-refractivity contribution in [2.45, 2.75) is 63.8 Å². The lowest BCUT2D eigenvalue weighted by Crippen LogP contribution is -2.41. The van der Waals surface area contributed by atoms with Crippen LogP contribution in [0.3, 0.4) is 0 Å². The third kappa shape index (κ3) is 7.98. The van der Waals surface area contributed by atoms with Crippen LogP contribution < -0.4 is 4.90 Å². The molecule has 204 valence electrons. The summed E-state index contributed by atoms with van der Waals surface area (Å²) in [6.45, 7) is 6.04. The molecule has 0 unspecified atom stereocenters. The Morgan fingerprint density at radius 3 is 2.36 bits per heavy atom. The van der Waals surface area contributed by atoms with E-state index in [4.69, 9.17) is 5.11 Å². The summed E-state index contributed by atoms with van der Waals surface area (Å²) in [7, 11) is 4.27. The first-order chi connectivity index (χ1) is 16.4. The zero-order valence-electron chi connectivity index (χ0n) is 21.9. The number of carboxylic acid groups (broad SMARTS) is 1. The molecule has 1 aromatic rings. The second-order valence-corrected chi connectivity index (χ2v) is 10.7. The van der Waals surface area contributed by atoms with Gasteiger partial charge in [-0.2, -0.15) is 0 Å². The zero-order valence-corrected chi connectivity index (χ0v) is 23.5. The lowest BCUT2D eigenvalue weighted by Gasteiger charge is -2.34. The topological polar surface area (TPSA) is 67.3 Å². The van der Waals surface area contributed by atoms with Crippen molar-refractivity contribution in [2.75, 3.05) is 58.3 Å². The van der Waals surface area contributed by atoms with Gasteiger partial charge in [-0.3, -0.25) is 9.69 Å². The Morgan fingerprint density at radius 2 is 1.69 bits per heavy atom. The quantitative estimate of drug-likeness (QED) is 0.495. The number of anilines is 1. The summed E-state index contributed by atoms with van der Waals surface area (Å²) >= 11 is 0. The number of carbonyl (C=O) groups is 2. The third-order valence-corrected chi connectivity index (χ3v) is 8.04. The minimum absolute atomic E-state index is 0. The highest BCUT2D eigenvalue weighted by atomic mass is 35.5. The van der Waals surface area contributed by atoms with Crippen LogP contribution in [-0.4, -0.2) is 91.2 Å². The van der Waals surface area contributed by atoms with Crippen LogP contribution in [0.1, 0.15) is 56.1 Å². The van der Waals surface area contributed by atoms with E-state index in [0.29, 0.717) is 12.0 Å². The molecule has 2 aliphatic heterocycles. The van der Waals surface area contributed by atoms with Crippen molar-refractivity contribution < 1.29 is 14.7 Å². The maximum Gasteiger partial charge on any atom is 0.324 e. The van der Waals surface area contributed by atoms with Crippen LogP contribution in [0.5, 0.6) is 0 Å². The van der Waals surface area contributed by atoms with E-state index in [2.05, 4.69) is 47.0 Å². The summed E-state index contributed by atoms with van der Waals surface area (Å²) in [5.41, 5.74) is 3.88. The number of halogens is 2. The molecule has 1 aliphatic carbocycles. The average molecular weight is 544 g/mol. The van der Waals surface area contributed by atoms with E-state index in [1.54, 1.807) is 0 Å². The Hall–Kier alpha value is -1.54. The second-order valence-electron chi connectivity index (χ2n) is 10.7. The molecule has 7 nitrogen and oxygen atoms in total. The van der Waals surface area contributed by atoms with Crippen LogP contribution in [-0.2, 0) is 17.6 Å². The molecule has 4 rings (SSSR count). The predicted molar refractivity (Wildman–Crippen MR) is 150 cm³/mol. The highest BCUT2D eigenvalue weighted by Gasteiger charge is 2.36. The standard InChI is InChI=1S/C27H42N4O3.2ClH/c1-28(2)14-3-15-29-16-12-22-7-10-25(20-23(22)13-17-29)31-19-18-30(27(31)34)24-8-4-21(5-9-24)6-11-26(32)33;;/h7,10,20-21,24H,3-6,8-9,11-19H2,1-2H3,(H,32,33);2*1H. The van der Waals surface area contributed by atoms with E-state index in [9.17, 15) is 9.59 Å². The Labute approximate surface area is 229 Å². The van der Waals surface area contributed by atoms with Crippen molar-refractivity contribution in [3.8, 4) is 0 Å². The van der Waals surface area contributed by atoms with E-state index in [1.807, 2.05) is 4.90 Å². The van der Waals surface area contributed by atoms with E-state index < -0.39 is 5.97 Å². The van der Waals surface area contributed by atoms with Gasteiger partial charge in [0.05, 0.1) is 0 Å². The molecule has 36 heavy (non-hydrogen) atoms. The molecule has 2 amide bonds. The molecule has 1 saturated carbocycles. The molecule has 1 saturated heterocycles. The number of amides is 2. The van der Waals surface area contributed by atoms with Crippen LogP contribution in [0.4, 0.5) is 10.5 Å². The van der Waals surface area contributed by atoms with Gasteiger partial charge in [-0.1, -0.05) is 6.07 Å². The summed E-state index contributed by atoms with van der Waals surface area (Å²) in [5, 5.41) is 8.93. The van der Waals surface area contributed by atoms with E-state index in [0.717, 1.165) is 89.9 Å². The number of hydrogen-bond donors (Lipinski definition) is 1. The number of rotatable bonds is 9. The number of hydrogen-bond acceptors (Lipinski definition) is 4. The van der Waals surface area contributed by atoms with Crippen molar-refractivity contribution in [1.82, 2.24) is 14.7 Å². The predicted octanol–water partition coefficient (Wildman–Crippen LogP) is 4.55. The van der Waals surface area contributed by atoms with Gasteiger partial charge in [-0.05, 0) is 108 Å². The van der Waals surface area contributed by atoms with Gasteiger partial charge >= 0.3 is 12.0 Å². The van der Waals surface area contributed by atoms with E-state index in [-0.39, 0.29) is 37.3 Å². The highest BCUT2D eigenvalue weighted by molar-refractivity contribution is 5.94. The first-order valence-electron chi connectivity index (χ1n) is 13.2. The number of carboxylic acids is 1. The van der Waals surface area contributed by atoms with Crippen LogP contribution in [0.15, 0.2) is 18.2 Å². The molecule has 0 radical (unpaired) electrons. The van der Waals surface area contributed by atoms with Crippen LogP contribution in [0.2, 0.25) is 0 Å². The smallest absolute Gasteiger partial charge is 0.324 e. The van der Waals surface area contributed by atoms with Gasteiger partial charge in [0.2, 0.25) is 0 Å². The molecular weight excluding hydrogens is 499 g/mol. The summed E-state index contributed by atoms with van der Waals surface area (Å²) in [5.74, 6) is -0.210. The van der Waals surface area contributed by atoms with Gasteiger partial charge in [0.15, 0.2) is 0 Å². The van der Waals surface area contributed by atoms with E-state index >= 15 is 0 Å². The Bertz CT molecular complexity index is 861. The normalized spacial score (nSPS) is 22.6. The lowest BCUT2D eigenvalue weighted by atomic mass is 9.83. The van der Waals surface area contributed by atoms with Crippen molar-refractivity contribution >= 4 is 42.5 Å². The number of nitrogens with zero attached hydrogens (tertiary/aromatic N) is 4. The number of aliphatic carboxylic acids is 1. The molecule has 0 spiro atoms. The molecule has 3 aliphatic rings. The van der Waals surface area contributed by atoms with E-state index in [1.165, 1.54) is 17.5 Å². The first kappa shape index (κ1) is 30.7. The highest BCUT2D eigenvalue weighted by Crippen LogP contribution is 2.33. The molecule has 1 N–H and O–H groups in total. The maximum absolute atomic E-state index is 13.3. The van der Waals surface area contributed by atoms with Gasteiger partial charge in [0.25, 0.3) is 0 Å². The van der Waals surface area contributed by atoms with Crippen LogP contribution >= 0.6 is 24.8 Å². The summed E-state index contributed by atoms with van der Waals surface area (Å²) in [6.07, 6.45) is 8.43. The SMILES string of the molecule is CN(C)CCCN1CCc2ccc(N3CCN(C4CCC(CCC(=O)O)CC4)C3=O)cc2CC1.Cl.Cl. The summed E-state index contributed by atoms with van der Waals surface area (Å²) in [6, 6.07) is 7.11. The zero-order chi connectivity index (χ0) is 24.1. The fourth-order valence-corrected chi connectivity index (χ4v) is 5.97. The third-order valence-electron chi connectivity index (χ3n) is 8.04. The van der Waals surface area contributed by atoms with Crippen LogP contribution in [0.25, 0.3) is 0 Å². The van der Waals surface area contributed by atoms with Gasteiger partial charge in [-0.25, -0.2) is 4.79 Å². The van der Waals surface area contributed by atoms with Crippen molar-refractivity contribution in [3.63, 3.8) is 0 Å². The summed E-state index contributed by atoms with van der Waals surface area (Å²) < 4.78 is 0. The number of urea groups is 1. The molecule has 0 aromatic heterocycles. The maximum atomic E-state index is 13.3. The molecular formula is C27H44Cl2N4O3. The van der Waals surface area contributed by atoms with Crippen molar-refractivity contribution in [3.05, 3.63) is 29.3 Å².